The van der Waals surface area contributed by atoms with E-state index in [0.717, 1.165) is 11.3 Å². The van der Waals surface area contributed by atoms with Gasteiger partial charge < -0.3 is 14.6 Å². The Kier molecular flexibility index (Phi) is 6.74. The van der Waals surface area contributed by atoms with E-state index in [0.29, 0.717) is 11.8 Å². The average Bonchev–Trinajstić information content (AvgIpc) is 3.00. The highest BCUT2D eigenvalue weighted by atomic mass is 16.5. The minimum atomic E-state index is -0.205. The number of hydrogen-bond acceptors (Lipinski definition) is 4. The maximum Gasteiger partial charge on any atom is 0.259 e. The number of rotatable bonds is 7. The second-order valence-electron chi connectivity index (χ2n) is 7.34. The number of methoxy groups -OCH3 is 1. The van der Waals surface area contributed by atoms with E-state index in [-0.39, 0.29) is 12.5 Å². The Morgan fingerprint density at radius 1 is 1.25 bits per heavy atom. The molecule has 1 fully saturated rings. The lowest BCUT2D eigenvalue weighted by Crippen LogP contribution is -2.26. The first kappa shape index (κ1) is 20.0. The Morgan fingerprint density at radius 3 is 2.75 bits per heavy atom. The Balaban J connectivity index is 1.56. The fourth-order valence-electron chi connectivity index (χ4n) is 4.01. The molecule has 1 amide bonds. The minimum Gasteiger partial charge on any atom is -0.495 e. The molecule has 2 N–H and O–H groups in total. The second kappa shape index (κ2) is 9.44. The van der Waals surface area contributed by atoms with E-state index >= 15 is 0 Å². The second-order valence-corrected chi connectivity index (χ2v) is 7.34. The van der Waals surface area contributed by atoms with Gasteiger partial charge in [0.05, 0.1) is 25.6 Å². The lowest BCUT2D eigenvalue weighted by molar-refractivity contribution is -0.119. The Morgan fingerprint density at radius 2 is 2.00 bits per heavy atom. The summed E-state index contributed by atoms with van der Waals surface area (Å²) in [5.41, 5.74) is 6.90. The van der Waals surface area contributed by atoms with Gasteiger partial charge >= 0.3 is 0 Å². The van der Waals surface area contributed by atoms with Crippen molar-refractivity contribution in [3.63, 3.8) is 0 Å². The molecule has 1 heterocycles. The van der Waals surface area contributed by atoms with E-state index in [1.165, 1.54) is 43.5 Å². The first-order valence-electron chi connectivity index (χ1n) is 9.97. The highest BCUT2D eigenvalue weighted by Gasteiger charge is 2.19. The molecule has 1 aliphatic carbocycles. The van der Waals surface area contributed by atoms with Crippen LogP contribution >= 0.6 is 0 Å². The molecule has 6 nitrogen and oxygen atoms in total. The number of aryl methyl sites for hydroxylation is 1. The van der Waals surface area contributed by atoms with Crippen molar-refractivity contribution in [2.24, 2.45) is 5.10 Å². The number of nitrogens with zero attached hydrogens (tertiary/aromatic N) is 2. The number of hydrazone groups is 1. The van der Waals surface area contributed by atoms with Gasteiger partial charge in [0.1, 0.15) is 5.75 Å². The monoisotopic (exact) mass is 382 g/mol. The lowest BCUT2D eigenvalue weighted by Gasteiger charge is -2.26. The summed E-state index contributed by atoms with van der Waals surface area (Å²) in [6.45, 7) is 4.40. The van der Waals surface area contributed by atoms with Gasteiger partial charge in [-0.15, -0.1) is 0 Å². The van der Waals surface area contributed by atoms with Crippen LogP contribution in [0.15, 0.2) is 35.4 Å². The first-order valence-corrected chi connectivity index (χ1v) is 9.97. The maximum atomic E-state index is 12.1. The molecule has 28 heavy (non-hydrogen) atoms. The standard InChI is InChI=1S/C22H30N4O2/c1-16-13-18(17(2)26(16)19-9-5-4-6-10-19)14-24-25-22(27)15-23-20-11-7-8-12-21(20)28-3/h7-8,11-14,19,23H,4-6,9-10,15H2,1-3H3,(H,25,27)/b24-14-. The largest absolute Gasteiger partial charge is 0.495 e. The average molecular weight is 383 g/mol. The van der Waals surface area contributed by atoms with Gasteiger partial charge in [-0.2, -0.15) is 5.10 Å². The number of aromatic nitrogens is 1. The first-order chi connectivity index (χ1) is 13.6. The number of benzene rings is 1. The zero-order valence-electron chi connectivity index (χ0n) is 17.0. The van der Waals surface area contributed by atoms with Gasteiger partial charge in [0.15, 0.2) is 0 Å². The van der Waals surface area contributed by atoms with Crippen LogP contribution in [0.4, 0.5) is 5.69 Å². The topological polar surface area (TPSA) is 67.7 Å². The third kappa shape index (κ3) is 4.74. The van der Waals surface area contributed by atoms with Crippen LogP contribution in [-0.4, -0.2) is 30.3 Å². The van der Waals surface area contributed by atoms with Crippen molar-refractivity contribution < 1.29 is 9.53 Å². The number of carbonyl (C=O) groups excluding carboxylic acids is 1. The van der Waals surface area contributed by atoms with E-state index in [9.17, 15) is 4.79 Å². The summed E-state index contributed by atoms with van der Waals surface area (Å²) in [7, 11) is 1.61. The van der Waals surface area contributed by atoms with Gasteiger partial charge in [-0.1, -0.05) is 31.4 Å². The number of ether oxygens (including phenoxy) is 1. The summed E-state index contributed by atoms with van der Waals surface area (Å²) in [5.74, 6) is 0.497. The molecule has 0 radical (unpaired) electrons. The quantitative estimate of drug-likeness (QED) is 0.558. The number of hydrogen-bond donors (Lipinski definition) is 2. The number of carbonyl (C=O) groups is 1. The third-order valence-electron chi connectivity index (χ3n) is 5.40. The number of amides is 1. The van der Waals surface area contributed by atoms with E-state index in [2.05, 4.69) is 40.3 Å². The zero-order valence-corrected chi connectivity index (χ0v) is 17.0. The zero-order chi connectivity index (χ0) is 19.9. The van der Waals surface area contributed by atoms with Crippen LogP contribution in [0, 0.1) is 13.8 Å². The molecule has 6 heteroatoms. The Bertz CT molecular complexity index is 835. The highest BCUT2D eigenvalue weighted by molar-refractivity contribution is 5.85. The minimum absolute atomic E-state index is 0.124. The highest BCUT2D eigenvalue weighted by Crippen LogP contribution is 2.31. The van der Waals surface area contributed by atoms with Crippen LogP contribution in [-0.2, 0) is 4.79 Å². The van der Waals surface area contributed by atoms with Crippen molar-refractivity contribution in [1.82, 2.24) is 9.99 Å². The van der Waals surface area contributed by atoms with Gasteiger partial charge in [0.25, 0.3) is 5.91 Å². The molecule has 1 aliphatic rings. The Labute approximate surface area is 167 Å². The van der Waals surface area contributed by atoms with Crippen LogP contribution in [0.2, 0.25) is 0 Å². The molecular weight excluding hydrogens is 352 g/mol. The molecule has 1 aromatic carbocycles. The summed E-state index contributed by atoms with van der Waals surface area (Å²) < 4.78 is 7.70. The molecule has 3 rings (SSSR count). The summed E-state index contributed by atoms with van der Waals surface area (Å²) in [6, 6.07) is 10.2. The summed E-state index contributed by atoms with van der Waals surface area (Å²) in [5, 5.41) is 7.21. The van der Waals surface area contributed by atoms with Crippen LogP contribution in [0.5, 0.6) is 5.75 Å². The van der Waals surface area contributed by atoms with Crippen LogP contribution in [0.1, 0.15) is 55.1 Å². The molecule has 0 unspecified atom stereocenters. The predicted octanol–water partition coefficient (Wildman–Crippen LogP) is 4.18. The summed E-state index contributed by atoms with van der Waals surface area (Å²) in [4.78, 5) is 12.1. The number of anilines is 1. The van der Waals surface area contributed by atoms with Crippen molar-refractivity contribution in [2.75, 3.05) is 19.0 Å². The molecule has 150 valence electrons. The van der Waals surface area contributed by atoms with Crippen molar-refractivity contribution >= 4 is 17.8 Å². The van der Waals surface area contributed by atoms with Gasteiger partial charge in [-0.3, -0.25) is 4.79 Å². The summed E-state index contributed by atoms with van der Waals surface area (Å²) >= 11 is 0. The van der Waals surface area contributed by atoms with Crippen LogP contribution < -0.4 is 15.5 Å². The van der Waals surface area contributed by atoms with Crippen LogP contribution in [0.3, 0.4) is 0 Å². The van der Waals surface area contributed by atoms with Crippen molar-refractivity contribution in [3.8, 4) is 5.75 Å². The van der Waals surface area contributed by atoms with Gasteiger partial charge in [0.2, 0.25) is 0 Å². The summed E-state index contributed by atoms with van der Waals surface area (Å²) in [6.07, 6.45) is 8.19. The maximum absolute atomic E-state index is 12.1. The predicted molar refractivity (Wildman–Crippen MR) is 113 cm³/mol. The van der Waals surface area contributed by atoms with Gasteiger partial charge in [-0.05, 0) is 44.9 Å². The van der Waals surface area contributed by atoms with E-state index in [1.807, 2.05) is 24.3 Å². The van der Waals surface area contributed by atoms with Crippen molar-refractivity contribution in [2.45, 2.75) is 52.0 Å². The molecule has 1 saturated carbocycles. The van der Waals surface area contributed by atoms with Crippen molar-refractivity contribution in [1.29, 1.82) is 0 Å². The van der Waals surface area contributed by atoms with Gasteiger partial charge in [0, 0.05) is 23.0 Å². The third-order valence-corrected chi connectivity index (χ3v) is 5.40. The number of para-hydroxylation sites is 2. The van der Waals surface area contributed by atoms with Crippen LogP contribution in [0.25, 0.3) is 0 Å². The van der Waals surface area contributed by atoms with E-state index in [1.54, 1.807) is 13.3 Å². The van der Waals surface area contributed by atoms with E-state index in [4.69, 9.17) is 4.74 Å². The molecule has 2 aromatic rings. The van der Waals surface area contributed by atoms with E-state index < -0.39 is 0 Å². The molecule has 0 spiro atoms. The molecular formula is C22H30N4O2. The fourth-order valence-corrected chi connectivity index (χ4v) is 4.01. The van der Waals surface area contributed by atoms with Gasteiger partial charge in [-0.25, -0.2) is 5.43 Å². The molecule has 1 aromatic heterocycles. The SMILES string of the molecule is COc1ccccc1NCC(=O)N/N=C\c1cc(C)n(C2CCCCC2)c1C. The molecule has 0 atom stereocenters. The normalized spacial score (nSPS) is 15.0. The molecule has 0 aliphatic heterocycles. The smallest absolute Gasteiger partial charge is 0.259 e. The molecule has 0 bridgehead atoms. The van der Waals surface area contributed by atoms with Crippen molar-refractivity contribution in [3.05, 3.63) is 47.3 Å². The fraction of sp³-hybridized carbons (Fsp3) is 0.455. The number of nitrogens with one attached hydrogen (secondary N) is 2. The molecule has 0 saturated heterocycles. The lowest BCUT2D eigenvalue weighted by atomic mass is 9.95. The Hall–Kier alpha value is -2.76.